The molecule has 0 bridgehead atoms. The molecular formula is C6H12N2O4. The van der Waals surface area contributed by atoms with Gasteiger partial charge in [-0.3, -0.25) is 4.79 Å². The first-order valence-corrected chi connectivity index (χ1v) is 3.50. The van der Waals surface area contributed by atoms with Crippen molar-refractivity contribution in [2.45, 2.75) is 18.9 Å². The van der Waals surface area contributed by atoms with Crippen LogP contribution in [0.2, 0.25) is 0 Å². The lowest BCUT2D eigenvalue weighted by Gasteiger charge is -2.09. The fourth-order valence-electron chi connectivity index (χ4n) is 0.687. The second kappa shape index (κ2) is 6.71. The second-order valence-electron chi connectivity index (χ2n) is 2.15. The largest absolute Gasteiger partial charge is 0.394 e. The molecule has 0 aliphatic rings. The first-order valence-electron chi connectivity index (χ1n) is 3.50. The number of rotatable bonds is 6. The number of carbonyl (C=O) groups excluding carboxylic acids is 2. The maximum Gasteiger partial charge on any atom is 0.332 e. The third-order valence-corrected chi connectivity index (χ3v) is 1.30. The molecule has 0 amide bonds. The van der Waals surface area contributed by atoms with Gasteiger partial charge in [0.25, 0.3) is 0 Å². The highest BCUT2D eigenvalue weighted by molar-refractivity contribution is 5.81. The van der Waals surface area contributed by atoms with Gasteiger partial charge >= 0.3 is 12.4 Å². The molecule has 0 aromatic carbocycles. The number of esters is 1. The summed E-state index contributed by atoms with van der Waals surface area (Å²) in [6.45, 7) is 0.432. The van der Waals surface area contributed by atoms with Crippen LogP contribution in [-0.4, -0.2) is 30.2 Å². The van der Waals surface area contributed by atoms with Gasteiger partial charge in [0.1, 0.15) is 6.04 Å². The molecule has 0 spiro atoms. The predicted octanol–water partition coefficient (Wildman–Crippen LogP) is -1.23. The summed E-state index contributed by atoms with van der Waals surface area (Å²) in [5, 5.41) is 8.44. The van der Waals surface area contributed by atoms with Crippen molar-refractivity contribution in [2.75, 3.05) is 6.54 Å². The van der Waals surface area contributed by atoms with Crippen molar-refractivity contribution in [1.82, 2.24) is 5.48 Å². The Morgan fingerprint density at radius 1 is 1.75 bits per heavy atom. The van der Waals surface area contributed by atoms with Crippen LogP contribution in [0.15, 0.2) is 0 Å². The lowest BCUT2D eigenvalue weighted by Crippen LogP contribution is -2.36. The molecule has 1 atom stereocenters. The molecule has 6 nitrogen and oxygen atoms in total. The van der Waals surface area contributed by atoms with Gasteiger partial charge in [-0.1, -0.05) is 0 Å². The molecule has 0 fully saturated rings. The minimum atomic E-state index is -0.876. The molecule has 12 heavy (non-hydrogen) atoms. The Labute approximate surface area is 69.6 Å². The second-order valence-corrected chi connectivity index (χ2v) is 2.15. The summed E-state index contributed by atoms with van der Waals surface area (Å²) in [7, 11) is 0. The van der Waals surface area contributed by atoms with Crippen LogP contribution in [-0.2, 0) is 14.3 Å². The molecule has 6 heteroatoms. The summed E-state index contributed by atoms with van der Waals surface area (Å²) in [5.41, 5.74) is 6.91. The third kappa shape index (κ3) is 4.02. The van der Waals surface area contributed by atoms with Crippen LogP contribution < -0.4 is 11.2 Å². The van der Waals surface area contributed by atoms with Crippen molar-refractivity contribution >= 4 is 12.4 Å². The van der Waals surface area contributed by atoms with Gasteiger partial charge in [-0.05, 0) is 19.4 Å². The molecule has 0 unspecified atom stereocenters. The summed E-state index contributed by atoms with van der Waals surface area (Å²) < 4.78 is 4.01. The Bertz CT molecular complexity index is 150. The van der Waals surface area contributed by atoms with Crippen molar-refractivity contribution in [1.29, 1.82) is 0 Å². The van der Waals surface area contributed by atoms with Crippen molar-refractivity contribution in [3.8, 4) is 0 Å². The van der Waals surface area contributed by atoms with E-state index < -0.39 is 12.0 Å². The van der Waals surface area contributed by atoms with Crippen molar-refractivity contribution in [2.24, 2.45) is 5.73 Å². The zero-order valence-corrected chi connectivity index (χ0v) is 6.53. The van der Waals surface area contributed by atoms with Gasteiger partial charge in [0.15, 0.2) is 0 Å². The molecule has 0 radical (unpaired) electrons. The summed E-state index contributed by atoms with van der Waals surface area (Å²) in [6.07, 6.45) is 0.895. The van der Waals surface area contributed by atoms with E-state index in [1.807, 2.05) is 0 Å². The lowest BCUT2D eigenvalue weighted by molar-refractivity contribution is -0.155. The highest BCUT2D eigenvalue weighted by Gasteiger charge is 2.17. The van der Waals surface area contributed by atoms with Gasteiger partial charge in [0.2, 0.25) is 0 Å². The fourth-order valence-corrected chi connectivity index (χ4v) is 0.687. The molecule has 0 saturated carbocycles. The van der Waals surface area contributed by atoms with Crippen LogP contribution in [0.5, 0.6) is 0 Å². The number of ether oxygens (including phenoxy) is 1. The Kier molecular flexibility index (Phi) is 6.16. The standard InChI is InChI=1S/C6H12N2O4/c7-3-1-2-5(8-11)6(10)12-4-9/h4-5,8,11H,1-3,7H2/t5-/m0/s1. The quantitative estimate of drug-likeness (QED) is 0.203. The zero-order valence-electron chi connectivity index (χ0n) is 6.53. The van der Waals surface area contributed by atoms with Crippen LogP contribution in [0.25, 0.3) is 0 Å². The molecule has 0 heterocycles. The highest BCUT2D eigenvalue weighted by Crippen LogP contribution is 1.97. The summed E-state index contributed by atoms with van der Waals surface area (Å²) in [4.78, 5) is 20.5. The molecule has 0 saturated heterocycles. The molecule has 0 aliphatic heterocycles. The van der Waals surface area contributed by atoms with E-state index in [1.165, 1.54) is 0 Å². The summed E-state index contributed by atoms with van der Waals surface area (Å²) in [6, 6.07) is -0.876. The van der Waals surface area contributed by atoms with Crippen molar-refractivity contribution in [3.63, 3.8) is 0 Å². The highest BCUT2D eigenvalue weighted by atomic mass is 16.6. The average molecular weight is 176 g/mol. The Morgan fingerprint density at radius 2 is 2.42 bits per heavy atom. The normalized spacial score (nSPS) is 12.2. The first kappa shape index (κ1) is 11.0. The van der Waals surface area contributed by atoms with E-state index in [2.05, 4.69) is 4.74 Å². The van der Waals surface area contributed by atoms with Gasteiger partial charge in [-0.15, -0.1) is 0 Å². The van der Waals surface area contributed by atoms with E-state index in [-0.39, 0.29) is 6.47 Å². The molecule has 4 N–H and O–H groups in total. The molecular weight excluding hydrogens is 164 g/mol. The number of nitrogens with one attached hydrogen (secondary N) is 1. The van der Waals surface area contributed by atoms with Gasteiger partial charge < -0.3 is 15.7 Å². The molecule has 70 valence electrons. The number of nitrogens with two attached hydrogens (primary N) is 1. The summed E-state index contributed by atoms with van der Waals surface area (Å²) in [5.74, 6) is -0.805. The van der Waals surface area contributed by atoms with E-state index in [1.54, 1.807) is 5.48 Å². The monoisotopic (exact) mass is 176 g/mol. The van der Waals surface area contributed by atoms with E-state index >= 15 is 0 Å². The number of carbonyl (C=O) groups is 2. The number of hydrogen-bond donors (Lipinski definition) is 3. The van der Waals surface area contributed by atoms with Crippen LogP contribution in [0, 0.1) is 0 Å². The molecule has 0 aliphatic carbocycles. The third-order valence-electron chi connectivity index (χ3n) is 1.30. The van der Waals surface area contributed by atoms with Gasteiger partial charge in [-0.25, -0.2) is 4.79 Å². The van der Waals surface area contributed by atoms with Gasteiger partial charge in [0.05, 0.1) is 0 Å². The van der Waals surface area contributed by atoms with Gasteiger partial charge in [-0.2, -0.15) is 5.48 Å². The smallest absolute Gasteiger partial charge is 0.332 e. The Balaban J connectivity index is 3.78. The first-order chi connectivity index (χ1) is 5.76. The Morgan fingerprint density at radius 3 is 2.83 bits per heavy atom. The number of hydroxylamine groups is 1. The van der Waals surface area contributed by atoms with Crippen molar-refractivity contribution in [3.05, 3.63) is 0 Å². The maximum atomic E-state index is 10.8. The van der Waals surface area contributed by atoms with Crippen LogP contribution in [0.3, 0.4) is 0 Å². The molecule has 0 rings (SSSR count). The van der Waals surface area contributed by atoms with E-state index in [0.717, 1.165) is 0 Å². The minimum Gasteiger partial charge on any atom is -0.394 e. The zero-order chi connectivity index (χ0) is 9.40. The van der Waals surface area contributed by atoms with Crippen LogP contribution in [0.4, 0.5) is 0 Å². The van der Waals surface area contributed by atoms with E-state index in [9.17, 15) is 9.59 Å². The number of hydrogen-bond acceptors (Lipinski definition) is 6. The minimum absolute atomic E-state index is 0.0229. The summed E-state index contributed by atoms with van der Waals surface area (Å²) >= 11 is 0. The SMILES string of the molecule is NCCC[C@H](NO)C(=O)OC=O. The fraction of sp³-hybridized carbons (Fsp3) is 0.667. The van der Waals surface area contributed by atoms with Crippen molar-refractivity contribution < 1.29 is 19.5 Å². The maximum absolute atomic E-state index is 10.8. The molecule has 0 aromatic rings. The predicted molar refractivity (Wildman–Crippen MR) is 39.2 cm³/mol. The van der Waals surface area contributed by atoms with Crippen LogP contribution >= 0.6 is 0 Å². The average Bonchev–Trinajstić information content (AvgIpc) is 2.06. The van der Waals surface area contributed by atoms with Crippen LogP contribution in [0.1, 0.15) is 12.8 Å². The lowest BCUT2D eigenvalue weighted by atomic mass is 10.2. The molecule has 0 aromatic heterocycles. The van der Waals surface area contributed by atoms with Gasteiger partial charge in [0, 0.05) is 0 Å². The van der Waals surface area contributed by atoms with E-state index in [0.29, 0.717) is 19.4 Å². The Hall–Kier alpha value is -0.980. The topological polar surface area (TPSA) is 102 Å². The van der Waals surface area contributed by atoms with E-state index in [4.69, 9.17) is 10.9 Å².